The van der Waals surface area contributed by atoms with E-state index in [-0.39, 0.29) is 11.7 Å². The minimum Gasteiger partial charge on any atom is -0.467 e. The van der Waals surface area contributed by atoms with Crippen LogP contribution in [0.2, 0.25) is 5.02 Å². The topological polar surface area (TPSA) is 76.2 Å². The maximum absolute atomic E-state index is 12.3. The molecule has 9 heteroatoms. The lowest BCUT2D eigenvalue weighted by atomic mass is 10.2. The van der Waals surface area contributed by atoms with E-state index >= 15 is 0 Å². The number of hydrogen-bond donors (Lipinski definition) is 1. The predicted molar refractivity (Wildman–Crippen MR) is 113 cm³/mol. The van der Waals surface area contributed by atoms with Crippen LogP contribution in [0.3, 0.4) is 0 Å². The summed E-state index contributed by atoms with van der Waals surface area (Å²) in [6.07, 6.45) is 3.97. The van der Waals surface area contributed by atoms with Gasteiger partial charge in [-0.05, 0) is 42.7 Å². The first-order valence-corrected chi connectivity index (χ1v) is 10.9. The van der Waals surface area contributed by atoms with Crippen molar-refractivity contribution in [1.29, 1.82) is 0 Å². The number of aromatic nitrogens is 3. The number of rotatable bonds is 8. The fraction of sp³-hybridized carbons (Fsp3) is 0.350. The van der Waals surface area contributed by atoms with Crippen LogP contribution in [0.15, 0.2) is 52.2 Å². The second-order valence-electron chi connectivity index (χ2n) is 6.83. The van der Waals surface area contributed by atoms with Gasteiger partial charge in [-0.3, -0.25) is 9.36 Å². The summed E-state index contributed by atoms with van der Waals surface area (Å²) in [5.41, 5.74) is 1.00. The molecule has 0 radical (unpaired) electrons. The fourth-order valence-electron chi connectivity index (χ4n) is 3.22. The second kappa shape index (κ2) is 9.37. The molecule has 7 nitrogen and oxygen atoms in total. The van der Waals surface area contributed by atoms with Gasteiger partial charge in [0.15, 0.2) is 5.16 Å². The maximum Gasteiger partial charge on any atom is 0.230 e. The van der Waals surface area contributed by atoms with Gasteiger partial charge in [-0.1, -0.05) is 35.5 Å². The van der Waals surface area contributed by atoms with Crippen LogP contribution in [0.25, 0.3) is 0 Å². The average Bonchev–Trinajstić information content (AvgIpc) is 3.49. The number of amides is 1. The molecule has 1 N–H and O–H groups in total. The van der Waals surface area contributed by atoms with Gasteiger partial charge in [0, 0.05) is 24.7 Å². The third-order valence-corrected chi connectivity index (χ3v) is 5.93. The number of anilines is 1. The molecule has 0 unspecified atom stereocenters. The normalized spacial score (nSPS) is 13.8. The molecule has 0 atom stereocenters. The summed E-state index contributed by atoms with van der Waals surface area (Å²) >= 11 is 7.27. The Morgan fingerprint density at radius 1 is 1.17 bits per heavy atom. The number of carbonyl (C=O) groups is 1. The molecule has 0 spiro atoms. The Morgan fingerprint density at radius 2 is 1.97 bits per heavy atom. The van der Waals surface area contributed by atoms with Crippen LogP contribution in [-0.4, -0.2) is 39.5 Å². The zero-order chi connectivity index (χ0) is 20.1. The van der Waals surface area contributed by atoms with Crippen molar-refractivity contribution < 1.29 is 9.21 Å². The Hall–Kier alpha value is -2.45. The molecule has 1 aromatic carbocycles. The summed E-state index contributed by atoms with van der Waals surface area (Å²) in [6.45, 7) is 2.96. The highest BCUT2D eigenvalue weighted by atomic mass is 35.5. The van der Waals surface area contributed by atoms with Crippen LogP contribution in [0.5, 0.6) is 0 Å². The van der Waals surface area contributed by atoms with Crippen molar-refractivity contribution in [1.82, 2.24) is 20.1 Å². The van der Waals surface area contributed by atoms with Crippen LogP contribution < -0.4 is 10.2 Å². The Bertz CT molecular complexity index is 936. The quantitative estimate of drug-likeness (QED) is 0.549. The van der Waals surface area contributed by atoms with E-state index in [0.717, 1.165) is 43.2 Å². The van der Waals surface area contributed by atoms with Crippen LogP contribution >= 0.6 is 23.4 Å². The minimum atomic E-state index is -0.0554. The van der Waals surface area contributed by atoms with E-state index in [0.29, 0.717) is 23.3 Å². The van der Waals surface area contributed by atoms with E-state index in [9.17, 15) is 4.79 Å². The first-order valence-electron chi connectivity index (χ1n) is 9.53. The first-order chi connectivity index (χ1) is 14.2. The Morgan fingerprint density at radius 3 is 2.69 bits per heavy atom. The lowest BCUT2D eigenvalue weighted by Crippen LogP contribution is -2.25. The van der Waals surface area contributed by atoms with Crippen LogP contribution in [0.1, 0.15) is 24.2 Å². The Labute approximate surface area is 178 Å². The van der Waals surface area contributed by atoms with E-state index in [1.807, 2.05) is 41.0 Å². The number of nitrogens with zero attached hydrogens (tertiary/aromatic N) is 4. The molecule has 0 aliphatic carbocycles. The summed E-state index contributed by atoms with van der Waals surface area (Å²) in [6, 6.07) is 11.2. The van der Waals surface area contributed by atoms with Crippen LogP contribution in [0, 0.1) is 0 Å². The zero-order valence-corrected chi connectivity index (χ0v) is 17.5. The van der Waals surface area contributed by atoms with Crippen molar-refractivity contribution >= 4 is 35.2 Å². The van der Waals surface area contributed by atoms with Crippen molar-refractivity contribution in [2.45, 2.75) is 31.1 Å². The summed E-state index contributed by atoms with van der Waals surface area (Å²) in [5, 5.41) is 13.0. The smallest absolute Gasteiger partial charge is 0.230 e. The molecule has 1 saturated heterocycles. The molecular weight excluding hydrogens is 410 g/mol. The van der Waals surface area contributed by atoms with Gasteiger partial charge in [0.05, 0.1) is 18.6 Å². The zero-order valence-electron chi connectivity index (χ0n) is 15.9. The van der Waals surface area contributed by atoms with Crippen molar-refractivity contribution in [3.05, 3.63) is 59.0 Å². The molecule has 152 valence electrons. The second-order valence-corrected chi connectivity index (χ2v) is 8.21. The van der Waals surface area contributed by atoms with Gasteiger partial charge in [0.1, 0.15) is 5.76 Å². The molecule has 1 fully saturated rings. The standard InChI is InChI=1S/C20H22ClN5O2S/c21-16-7-5-15(6-8-16)12-22-18(27)14-29-20-24-23-19(25-9-1-2-10-25)26(20)13-17-4-3-11-28-17/h3-8,11H,1-2,9-10,12-14H2,(H,22,27). The fourth-order valence-corrected chi connectivity index (χ4v) is 4.11. The number of furan rings is 1. The van der Waals surface area contributed by atoms with Gasteiger partial charge in [-0.15, -0.1) is 10.2 Å². The van der Waals surface area contributed by atoms with Crippen molar-refractivity contribution in [3.8, 4) is 0 Å². The molecule has 2 aromatic heterocycles. The van der Waals surface area contributed by atoms with Crippen molar-refractivity contribution in [2.24, 2.45) is 0 Å². The van der Waals surface area contributed by atoms with Crippen molar-refractivity contribution in [3.63, 3.8) is 0 Å². The summed E-state index contributed by atoms with van der Waals surface area (Å²) < 4.78 is 7.54. The minimum absolute atomic E-state index is 0.0554. The number of benzene rings is 1. The number of halogens is 1. The van der Waals surface area contributed by atoms with E-state index in [1.165, 1.54) is 11.8 Å². The van der Waals surface area contributed by atoms with E-state index in [2.05, 4.69) is 20.4 Å². The van der Waals surface area contributed by atoms with E-state index in [1.54, 1.807) is 6.26 Å². The average molecular weight is 432 g/mol. The molecule has 3 heterocycles. The van der Waals surface area contributed by atoms with E-state index in [4.69, 9.17) is 16.0 Å². The summed E-state index contributed by atoms with van der Waals surface area (Å²) in [5.74, 6) is 1.88. The molecule has 0 bridgehead atoms. The highest BCUT2D eigenvalue weighted by Gasteiger charge is 2.22. The SMILES string of the molecule is O=C(CSc1nnc(N2CCCC2)n1Cc1ccco1)NCc1ccc(Cl)cc1. The highest BCUT2D eigenvalue weighted by molar-refractivity contribution is 7.99. The number of nitrogens with one attached hydrogen (secondary N) is 1. The number of carbonyl (C=O) groups excluding carboxylic acids is 1. The van der Waals surface area contributed by atoms with Crippen LogP contribution in [0.4, 0.5) is 5.95 Å². The Kier molecular flexibility index (Phi) is 6.41. The third-order valence-electron chi connectivity index (χ3n) is 4.72. The van der Waals surface area contributed by atoms with Gasteiger partial charge in [-0.2, -0.15) is 0 Å². The maximum atomic E-state index is 12.3. The molecular formula is C20H22ClN5O2S. The van der Waals surface area contributed by atoms with Gasteiger partial charge in [0.2, 0.25) is 11.9 Å². The highest BCUT2D eigenvalue weighted by Crippen LogP contribution is 2.26. The third kappa shape index (κ3) is 5.13. The summed E-state index contributed by atoms with van der Waals surface area (Å²) in [7, 11) is 0. The molecule has 3 aromatic rings. The van der Waals surface area contributed by atoms with Crippen molar-refractivity contribution in [2.75, 3.05) is 23.7 Å². The monoisotopic (exact) mass is 431 g/mol. The molecule has 0 saturated carbocycles. The summed E-state index contributed by atoms with van der Waals surface area (Å²) in [4.78, 5) is 14.5. The van der Waals surface area contributed by atoms with Gasteiger partial charge >= 0.3 is 0 Å². The van der Waals surface area contributed by atoms with Gasteiger partial charge < -0.3 is 14.6 Å². The number of hydrogen-bond acceptors (Lipinski definition) is 6. The molecule has 1 aliphatic rings. The molecule has 4 rings (SSSR count). The van der Waals surface area contributed by atoms with E-state index < -0.39 is 0 Å². The Balaban J connectivity index is 1.39. The molecule has 1 amide bonds. The lowest BCUT2D eigenvalue weighted by Gasteiger charge is -2.17. The predicted octanol–water partition coefficient (Wildman–Crippen LogP) is 3.58. The largest absolute Gasteiger partial charge is 0.467 e. The first kappa shape index (κ1) is 19.8. The molecule has 29 heavy (non-hydrogen) atoms. The number of thioether (sulfide) groups is 1. The molecule has 1 aliphatic heterocycles. The van der Waals surface area contributed by atoms with Gasteiger partial charge in [-0.25, -0.2) is 0 Å². The lowest BCUT2D eigenvalue weighted by molar-refractivity contribution is -0.118. The van der Waals surface area contributed by atoms with Crippen LogP contribution in [-0.2, 0) is 17.9 Å². The van der Waals surface area contributed by atoms with Gasteiger partial charge in [0.25, 0.3) is 0 Å².